The van der Waals surface area contributed by atoms with Crippen LogP contribution in [0.4, 0.5) is 13.2 Å². The molecule has 1 amide bonds. The van der Waals surface area contributed by atoms with Crippen molar-refractivity contribution in [3.8, 4) is 0 Å². The largest absolute Gasteiger partial charge is 0.416 e. The zero-order valence-electron chi connectivity index (χ0n) is 16.2. The van der Waals surface area contributed by atoms with Crippen LogP contribution in [0.2, 0.25) is 0 Å². The summed E-state index contributed by atoms with van der Waals surface area (Å²) in [5.74, 6) is 0.565. The number of ether oxygens (including phenoxy) is 1. The molecule has 1 aliphatic heterocycles. The maximum Gasteiger partial charge on any atom is 0.416 e. The minimum Gasteiger partial charge on any atom is -0.381 e. The van der Waals surface area contributed by atoms with Crippen LogP contribution in [-0.2, 0) is 21.1 Å². The molecule has 4 nitrogen and oxygen atoms in total. The smallest absolute Gasteiger partial charge is 0.381 e. The van der Waals surface area contributed by atoms with Crippen LogP contribution in [0.15, 0.2) is 24.3 Å². The van der Waals surface area contributed by atoms with Crippen molar-refractivity contribution in [2.45, 2.75) is 49.7 Å². The molecule has 2 saturated carbocycles. The molecule has 4 unspecified atom stereocenters. The van der Waals surface area contributed by atoms with Gasteiger partial charge in [-0.15, -0.1) is 12.4 Å². The number of nitrogens with one attached hydrogen (secondary N) is 1. The number of fused-ring (bicyclic) bond motifs is 2. The van der Waals surface area contributed by atoms with Crippen molar-refractivity contribution < 1.29 is 22.7 Å². The van der Waals surface area contributed by atoms with Gasteiger partial charge >= 0.3 is 6.18 Å². The molecule has 1 saturated heterocycles. The Labute approximate surface area is 175 Å². The number of alkyl halides is 3. The van der Waals surface area contributed by atoms with Crippen molar-refractivity contribution in [3.05, 3.63) is 35.4 Å². The van der Waals surface area contributed by atoms with E-state index in [9.17, 15) is 18.0 Å². The topological polar surface area (TPSA) is 64.4 Å². The van der Waals surface area contributed by atoms with E-state index in [-0.39, 0.29) is 30.3 Å². The lowest BCUT2D eigenvalue weighted by molar-refractivity contribution is -0.137. The number of nitrogens with two attached hydrogens (primary N) is 1. The number of amides is 1. The molecule has 0 aromatic heterocycles. The number of carbonyl (C=O) groups excluding carboxylic acids is 1. The highest BCUT2D eigenvalue weighted by Crippen LogP contribution is 2.47. The van der Waals surface area contributed by atoms with E-state index in [0.29, 0.717) is 50.0 Å². The Balaban J connectivity index is 0.00000240. The molecule has 1 aromatic rings. The molecule has 0 radical (unpaired) electrons. The Kier molecular flexibility index (Phi) is 6.51. The van der Waals surface area contributed by atoms with Crippen LogP contribution >= 0.6 is 12.4 Å². The van der Waals surface area contributed by atoms with Crippen LogP contribution in [0.25, 0.3) is 0 Å². The average molecular weight is 433 g/mol. The first-order valence-electron chi connectivity index (χ1n) is 10.1. The molecule has 0 spiro atoms. The van der Waals surface area contributed by atoms with Crippen molar-refractivity contribution in [2.24, 2.45) is 23.5 Å². The highest BCUT2D eigenvalue weighted by Gasteiger charge is 2.49. The molecule has 162 valence electrons. The van der Waals surface area contributed by atoms with Crippen molar-refractivity contribution >= 4 is 18.3 Å². The van der Waals surface area contributed by atoms with Gasteiger partial charge in [0, 0.05) is 31.2 Å². The second-order valence-electron chi connectivity index (χ2n) is 8.63. The van der Waals surface area contributed by atoms with E-state index in [0.717, 1.165) is 25.3 Å². The molecule has 3 aliphatic rings. The molecule has 2 bridgehead atoms. The molecule has 3 N–H and O–H groups in total. The number of benzene rings is 1. The minimum atomic E-state index is -4.39. The number of hydrogen-bond acceptors (Lipinski definition) is 3. The third-order valence-electron chi connectivity index (χ3n) is 7.14. The zero-order chi connectivity index (χ0) is 19.9. The fourth-order valence-electron chi connectivity index (χ4n) is 5.45. The summed E-state index contributed by atoms with van der Waals surface area (Å²) in [6.45, 7) is 1.26. The van der Waals surface area contributed by atoms with E-state index < -0.39 is 17.2 Å². The van der Waals surface area contributed by atoms with Crippen LogP contribution in [0.3, 0.4) is 0 Å². The molecule has 4 atom stereocenters. The molecular weight excluding hydrogens is 405 g/mol. The van der Waals surface area contributed by atoms with E-state index >= 15 is 0 Å². The second kappa shape index (κ2) is 8.44. The average Bonchev–Trinajstić information content (AvgIpc) is 3.28. The quantitative estimate of drug-likeness (QED) is 0.763. The van der Waals surface area contributed by atoms with Crippen molar-refractivity contribution in [2.75, 3.05) is 19.8 Å². The van der Waals surface area contributed by atoms with Gasteiger partial charge in [-0.25, -0.2) is 0 Å². The number of hydrogen-bond donors (Lipinski definition) is 2. The van der Waals surface area contributed by atoms with E-state index in [4.69, 9.17) is 10.5 Å². The summed E-state index contributed by atoms with van der Waals surface area (Å²) >= 11 is 0. The van der Waals surface area contributed by atoms with E-state index in [1.165, 1.54) is 12.1 Å². The Morgan fingerprint density at radius 2 is 1.90 bits per heavy atom. The Hall–Kier alpha value is -1.31. The van der Waals surface area contributed by atoms with Crippen LogP contribution in [0.1, 0.15) is 43.2 Å². The normalized spacial score (nSPS) is 30.6. The lowest BCUT2D eigenvalue weighted by Crippen LogP contribution is -2.50. The molecule has 8 heteroatoms. The summed E-state index contributed by atoms with van der Waals surface area (Å²) < 4.78 is 45.1. The van der Waals surface area contributed by atoms with Gasteiger partial charge in [-0.2, -0.15) is 13.2 Å². The summed E-state index contributed by atoms with van der Waals surface area (Å²) in [4.78, 5) is 12.9. The molecule has 1 aromatic carbocycles. The molecule has 29 heavy (non-hydrogen) atoms. The first kappa shape index (κ1) is 22.4. The van der Waals surface area contributed by atoms with Gasteiger partial charge in [-0.1, -0.05) is 18.2 Å². The summed E-state index contributed by atoms with van der Waals surface area (Å²) in [6, 6.07) is 5.39. The molecule has 2 aliphatic carbocycles. The highest BCUT2D eigenvalue weighted by atomic mass is 35.5. The van der Waals surface area contributed by atoms with Crippen molar-refractivity contribution in [1.82, 2.24) is 5.32 Å². The zero-order valence-corrected chi connectivity index (χ0v) is 17.0. The van der Waals surface area contributed by atoms with Gasteiger partial charge in [-0.3, -0.25) is 4.79 Å². The molecular formula is C21H28ClF3N2O2. The lowest BCUT2D eigenvalue weighted by atomic mass is 9.73. The van der Waals surface area contributed by atoms with Crippen LogP contribution in [-0.4, -0.2) is 31.7 Å². The van der Waals surface area contributed by atoms with Gasteiger partial charge in [0.05, 0.1) is 11.5 Å². The standard InChI is InChI=1S/C21H27F3N2O2.ClH/c22-21(23,24)16-3-1-2-15(11-16)20(6-8-28-9-7-20)12-26-19(27)17-13-4-5-14(10-13)18(17)25;/h1-3,11,13-14,17-18H,4-10,12,25H2,(H,26,27);1H. The fraction of sp³-hybridized carbons (Fsp3) is 0.667. The first-order chi connectivity index (χ1) is 13.3. The Bertz CT molecular complexity index is 735. The number of halogens is 4. The highest BCUT2D eigenvalue weighted by molar-refractivity contribution is 5.85. The maximum atomic E-state index is 13.2. The van der Waals surface area contributed by atoms with Crippen LogP contribution in [0.5, 0.6) is 0 Å². The lowest BCUT2D eigenvalue weighted by Gasteiger charge is -2.39. The maximum absolute atomic E-state index is 13.2. The van der Waals surface area contributed by atoms with Gasteiger partial charge in [0.25, 0.3) is 0 Å². The van der Waals surface area contributed by atoms with Gasteiger partial charge in [0.2, 0.25) is 5.91 Å². The second-order valence-corrected chi connectivity index (χ2v) is 8.63. The Morgan fingerprint density at radius 1 is 1.21 bits per heavy atom. The van der Waals surface area contributed by atoms with Gasteiger partial charge in [0.1, 0.15) is 0 Å². The summed E-state index contributed by atoms with van der Waals surface area (Å²) in [5, 5.41) is 3.05. The monoisotopic (exact) mass is 432 g/mol. The first-order valence-corrected chi connectivity index (χ1v) is 10.1. The predicted molar refractivity (Wildman–Crippen MR) is 106 cm³/mol. The predicted octanol–water partition coefficient (Wildman–Crippen LogP) is 3.67. The third kappa shape index (κ3) is 4.28. The van der Waals surface area contributed by atoms with Gasteiger partial charge in [0.15, 0.2) is 0 Å². The molecule has 1 heterocycles. The third-order valence-corrected chi connectivity index (χ3v) is 7.14. The van der Waals surface area contributed by atoms with Gasteiger partial charge < -0.3 is 15.8 Å². The van der Waals surface area contributed by atoms with Crippen LogP contribution < -0.4 is 11.1 Å². The fourth-order valence-corrected chi connectivity index (χ4v) is 5.45. The van der Waals surface area contributed by atoms with Crippen LogP contribution in [0, 0.1) is 17.8 Å². The van der Waals surface area contributed by atoms with E-state index in [1.807, 2.05) is 0 Å². The summed E-state index contributed by atoms with van der Waals surface area (Å²) in [5.41, 5.74) is 5.69. The molecule has 4 rings (SSSR count). The molecule has 3 fully saturated rings. The number of carbonyl (C=O) groups is 1. The van der Waals surface area contributed by atoms with Crippen molar-refractivity contribution in [3.63, 3.8) is 0 Å². The summed E-state index contributed by atoms with van der Waals surface area (Å²) in [6.07, 6.45) is -0.0632. The van der Waals surface area contributed by atoms with E-state index in [2.05, 4.69) is 5.32 Å². The minimum absolute atomic E-state index is 0. The van der Waals surface area contributed by atoms with Crippen molar-refractivity contribution in [1.29, 1.82) is 0 Å². The van der Waals surface area contributed by atoms with Gasteiger partial charge in [-0.05, 0) is 55.6 Å². The Morgan fingerprint density at radius 3 is 2.52 bits per heavy atom. The SMILES string of the molecule is Cl.NC1C2CCC(C2)C1C(=O)NCC1(c2cccc(C(F)(F)F)c2)CCOCC1. The summed E-state index contributed by atoms with van der Waals surface area (Å²) in [7, 11) is 0. The van der Waals surface area contributed by atoms with E-state index in [1.54, 1.807) is 6.07 Å². The number of rotatable bonds is 4.